The number of benzene rings is 1. The van der Waals surface area contributed by atoms with Crippen molar-refractivity contribution >= 4 is 33.4 Å². The minimum absolute atomic E-state index is 0.178. The molecule has 0 aliphatic carbocycles. The van der Waals surface area contributed by atoms with Crippen LogP contribution in [0, 0.1) is 10.1 Å². The van der Waals surface area contributed by atoms with Gasteiger partial charge in [-0.05, 0) is 24.3 Å². The van der Waals surface area contributed by atoms with Crippen LogP contribution in [-0.4, -0.2) is 22.5 Å². The van der Waals surface area contributed by atoms with E-state index in [4.69, 9.17) is 0 Å². The van der Waals surface area contributed by atoms with Gasteiger partial charge >= 0.3 is 0 Å². The zero-order valence-corrected chi connectivity index (χ0v) is 11.6. The SMILES string of the molecule is O=[N+]([O-])c1cc(Br)ccc1CNC1CCSC1. The summed E-state index contributed by atoms with van der Waals surface area (Å²) >= 11 is 5.18. The van der Waals surface area contributed by atoms with Crippen molar-refractivity contribution in [1.82, 2.24) is 5.32 Å². The van der Waals surface area contributed by atoms with Crippen molar-refractivity contribution in [2.24, 2.45) is 0 Å². The molecule has 1 atom stereocenters. The standard InChI is InChI=1S/C11H13BrN2O2S/c12-9-2-1-8(11(5-9)14(15)16)6-13-10-3-4-17-7-10/h1-2,5,10,13H,3-4,6-7H2. The third kappa shape index (κ3) is 3.43. The van der Waals surface area contributed by atoms with Gasteiger partial charge in [-0.1, -0.05) is 15.9 Å². The summed E-state index contributed by atoms with van der Waals surface area (Å²) < 4.78 is 0.740. The van der Waals surface area contributed by atoms with E-state index in [2.05, 4.69) is 21.2 Å². The van der Waals surface area contributed by atoms with Crippen molar-refractivity contribution in [2.75, 3.05) is 11.5 Å². The van der Waals surface area contributed by atoms with Crippen LogP contribution >= 0.6 is 27.7 Å². The van der Waals surface area contributed by atoms with Crippen LogP contribution in [0.4, 0.5) is 5.69 Å². The van der Waals surface area contributed by atoms with E-state index in [1.807, 2.05) is 17.8 Å². The van der Waals surface area contributed by atoms with Gasteiger partial charge in [0.1, 0.15) is 0 Å². The molecule has 0 bridgehead atoms. The Labute approximate surface area is 112 Å². The number of nitrogens with one attached hydrogen (secondary N) is 1. The Kier molecular flexibility index (Phi) is 4.42. The molecular formula is C11H13BrN2O2S. The van der Waals surface area contributed by atoms with Gasteiger partial charge in [0.05, 0.1) is 4.92 Å². The summed E-state index contributed by atoms with van der Waals surface area (Å²) in [5, 5.41) is 14.3. The third-order valence-electron chi connectivity index (χ3n) is 2.75. The van der Waals surface area contributed by atoms with Gasteiger partial charge in [0.2, 0.25) is 0 Å². The molecule has 4 nitrogen and oxygen atoms in total. The molecule has 1 aliphatic heterocycles. The fourth-order valence-corrected chi connectivity index (χ4v) is 3.34. The van der Waals surface area contributed by atoms with Crippen LogP contribution in [0.3, 0.4) is 0 Å². The van der Waals surface area contributed by atoms with Gasteiger partial charge in [-0.15, -0.1) is 0 Å². The van der Waals surface area contributed by atoms with E-state index in [1.165, 1.54) is 5.75 Å². The minimum atomic E-state index is -0.328. The van der Waals surface area contributed by atoms with E-state index < -0.39 is 0 Å². The Bertz CT molecular complexity index is 422. The highest BCUT2D eigenvalue weighted by Crippen LogP contribution is 2.24. The van der Waals surface area contributed by atoms with Crippen molar-refractivity contribution in [3.63, 3.8) is 0 Å². The number of nitrogens with zero attached hydrogens (tertiary/aromatic N) is 1. The van der Waals surface area contributed by atoms with Crippen LogP contribution < -0.4 is 5.32 Å². The molecule has 1 aromatic carbocycles. The fourth-order valence-electron chi connectivity index (χ4n) is 1.81. The van der Waals surface area contributed by atoms with Gasteiger partial charge in [-0.2, -0.15) is 11.8 Å². The molecule has 1 saturated heterocycles. The number of nitro benzene ring substituents is 1. The molecule has 1 N–H and O–H groups in total. The maximum atomic E-state index is 10.9. The number of nitro groups is 1. The highest BCUT2D eigenvalue weighted by atomic mass is 79.9. The van der Waals surface area contributed by atoms with Crippen LogP contribution in [0.5, 0.6) is 0 Å². The first-order valence-corrected chi connectivity index (χ1v) is 7.35. The molecule has 6 heteroatoms. The van der Waals surface area contributed by atoms with Crippen molar-refractivity contribution in [2.45, 2.75) is 19.0 Å². The summed E-state index contributed by atoms with van der Waals surface area (Å²) in [4.78, 5) is 10.6. The molecule has 1 fully saturated rings. The van der Waals surface area contributed by atoms with E-state index >= 15 is 0 Å². The van der Waals surface area contributed by atoms with Crippen molar-refractivity contribution in [3.8, 4) is 0 Å². The van der Waals surface area contributed by atoms with Gasteiger partial charge in [0.25, 0.3) is 5.69 Å². The van der Waals surface area contributed by atoms with Crippen LogP contribution in [0.2, 0.25) is 0 Å². The number of hydrogen-bond donors (Lipinski definition) is 1. The lowest BCUT2D eigenvalue weighted by molar-refractivity contribution is -0.385. The zero-order chi connectivity index (χ0) is 12.3. The van der Waals surface area contributed by atoms with Crippen LogP contribution in [0.15, 0.2) is 22.7 Å². The molecule has 0 saturated carbocycles. The predicted molar refractivity (Wildman–Crippen MR) is 73.4 cm³/mol. The van der Waals surface area contributed by atoms with Crippen molar-refractivity contribution in [3.05, 3.63) is 38.3 Å². The Morgan fingerprint density at radius 2 is 2.41 bits per heavy atom. The summed E-state index contributed by atoms with van der Waals surface area (Å²) in [6.45, 7) is 0.564. The summed E-state index contributed by atoms with van der Waals surface area (Å²) in [6, 6.07) is 5.69. The monoisotopic (exact) mass is 316 g/mol. The lowest BCUT2D eigenvalue weighted by Crippen LogP contribution is -2.28. The van der Waals surface area contributed by atoms with Crippen LogP contribution in [0.25, 0.3) is 0 Å². The normalized spacial score (nSPS) is 19.5. The molecule has 1 unspecified atom stereocenters. The highest BCUT2D eigenvalue weighted by Gasteiger charge is 2.18. The fraction of sp³-hybridized carbons (Fsp3) is 0.455. The average Bonchev–Trinajstić information content (AvgIpc) is 2.80. The van der Waals surface area contributed by atoms with Crippen LogP contribution in [-0.2, 0) is 6.54 Å². The highest BCUT2D eigenvalue weighted by molar-refractivity contribution is 9.10. The predicted octanol–water partition coefficient (Wildman–Crippen LogP) is 2.95. The molecule has 92 valence electrons. The molecule has 1 aromatic rings. The average molecular weight is 317 g/mol. The van der Waals surface area contributed by atoms with E-state index in [1.54, 1.807) is 12.1 Å². The van der Waals surface area contributed by atoms with Gasteiger partial charge in [-0.3, -0.25) is 10.1 Å². The molecule has 0 radical (unpaired) electrons. The van der Waals surface area contributed by atoms with Gasteiger partial charge in [-0.25, -0.2) is 0 Å². The number of hydrogen-bond acceptors (Lipinski definition) is 4. The Hall–Kier alpha value is -0.590. The van der Waals surface area contributed by atoms with Crippen LogP contribution in [0.1, 0.15) is 12.0 Å². The second-order valence-electron chi connectivity index (χ2n) is 3.97. The Morgan fingerprint density at radius 1 is 1.59 bits per heavy atom. The van der Waals surface area contributed by atoms with Crippen molar-refractivity contribution < 1.29 is 4.92 Å². The molecule has 0 spiro atoms. The topological polar surface area (TPSA) is 55.2 Å². The maximum absolute atomic E-state index is 10.9. The first-order chi connectivity index (χ1) is 8.16. The summed E-state index contributed by atoms with van der Waals surface area (Å²) in [5.41, 5.74) is 0.924. The Balaban J connectivity index is 2.06. The zero-order valence-electron chi connectivity index (χ0n) is 9.19. The van der Waals surface area contributed by atoms with E-state index in [0.29, 0.717) is 12.6 Å². The van der Waals surface area contributed by atoms with Crippen molar-refractivity contribution in [1.29, 1.82) is 0 Å². The van der Waals surface area contributed by atoms with E-state index in [0.717, 1.165) is 22.2 Å². The van der Waals surface area contributed by atoms with Gasteiger partial charge in [0.15, 0.2) is 0 Å². The first-order valence-electron chi connectivity index (χ1n) is 5.41. The quantitative estimate of drug-likeness (QED) is 0.685. The summed E-state index contributed by atoms with van der Waals surface area (Å²) in [7, 11) is 0. The van der Waals surface area contributed by atoms with E-state index in [9.17, 15) is 10.1 Å². The maximum Gasteiger partial charge on any atom is 0.275 e. The minimum Gasteiger partial charge on any atom is -0.309 e. The second kappa shape index (κ2) is 5.84. The molecule has 0 amide bonds. The smallest absolute Gasteiger partial charge is 0.275 e. The molecular weight excluding hydrogens is 304 g/mol. The number of rotatable bonds is 4. The van der Waals surface area contributed by atoms with Gasteiger partial charge < -0.3 is 5.32 Å². The third-order valence-corrected chi connectivity index (χ3v) is 4.41. The number of thioether (sulfide) groups is 1. The summed E-state index contributed by atoms with van der Waals surface area (Å²) in [6.07, 6.45) is 1.15. The largest absolute Gasteiger partial charge is 0.309 e. The molecule has 0 aromatic heterocycles. The molecule has 1 heterocycles. The Morgan fingerprint density at radius 3 is 3.06 bits per heavy atom. The second-order valence-corrected chi connectivity index (χ2v) is 6.04. The first kappa shape index (κ1) is 12.9. The van der Waals surface area contributed by atoms with Gasteiger partial charge in [0, 0.05) is 34.4 Å². The summed E-state index contributed by atoms with van der Waals surface area (Å²) in [5.74, 6) is 2.28. The number of halogens is 1. The lowest BCUT2D eigenvalue weighted by atomic mass is 10.1. The lowest BCUT2D eigenvalue weighted by Gasteiger charge is -2.11. The van der Waals surface area contributed by atoms with E-state index in [-0.39, 0.29) is 10.6 Å². The molecule has 1 aliphatic rings. The molecule has 17 heavy (non-hydrogen) atoms. The molecule has 2 rings (SSSR count).